The Balaban J connectivity index is 0.000000174. The molecule has 28 heteroatoms. The molecule has 4 aromatic heterocycles. The molecule has 15 nitrogen and oxygen atoms in total. The second kappa shape index (κ2) is 41.6. The van der Waals surface area contributed by atoms with Crippen molar-refractivity contribution in [1.29, 1.82) is 0 Å². The van der Waals surface area contributed by atoms with Gasteiger partial charge in [0.25, 0.3) is 0 Å². The number of rotatable bonds is 12. The Labute approximate surface area is 741 Å². The van der Waals surface area contributed by atoms with E-state index in [4.69, 9.17) is 70.7 Å². The number of hydrogen-bond donors (Lipinski definition) is 3. The Morgan fingerprint density at radius 2 is 0.644 bits per heavy atom. The fourth-order valence-electron chi connectivity index (χ4n) is 13.5. The normalized spacial score (nSPS) is 10.5. The molecule has 16 rings (SSSR count). The maximum atomic E-state index is 13.5. The summed E-state index contributed by atoms with van der Waals surface area (Å²) in [6.07, 6.45) is 1.94. The Morgan fingerprint density at radius 3 is 0.983 bits per heavy atom. The first kappa shape index (κ1) is 91.8. The minimum absolute atomic E-state index is 0. The molecule has 4 heterocycles. The average molecular weight is 1870 g/mol. The van der Waals surface area contributed by atoms with E-state index in [1.54, 1.807) is 103 Å². The Bertz CT molecular complexity index is 6140. The Kier molecular flexibility index (Phi) is 32.3. The first-order valence-electron chi connectivity index (χ1n) is 35.1. The number of aromatic carboxylic acids is 1. The van der Waals surface area contributed by atoms with Crippen molar-refractivity contribution in [2.75, 3.05) is 21.3 Å². The zero-order valence-corrected chi connectivity index (χ0v) is 73.4. The molecular formula is C90H67BBr3Cl4F4N4NaO11. The summed E-state index contributed by atoms with van der Waals surface area (Å²) >= 11 is 35.0. The predicted molar refractivity (Wildman–Crippen MR) is 469 cm³/mol. The molecule has 0 amide bonds. The standard InChI is InChI=1S/C23H17ClFNO2.C22H14BrClFNO2.2C22H15ClFNO2.CH5BO2.Br2.Na.H2O/c1-14-22(18-5-3-4-6-20(18)24)19-12-7-15(23(27)28-2)13-21(19)26(14)17-10-8-16(25)9-11-17;1-28-22(27)13-6-11-17-19(12-13)26(15-9-7-14(25)8-10-15)21(23)20(17)16-4-2-3-5-18(16)24;1-27-22(26)14-6-11-18-19(17-4-2-3-5-20(17)23)13-25(21(18)12-14)16-9-7-15(24)8-10-16;1-13-21(17-4-2-3-5-19(17)23)18-11-6-14(22(26)27)12-20(18)25(13)16-9-7-15(24)8-10-16;1-2(3)4;1-2;;/h3-13H,1-2H3;2-12H,1H3;2-13H,1H3;2-12H,1H3,(H,26,27);3-4H,1H3;;;1H2/q;;;;;;+1;/p-1. The van der Waals surface area contributed by atoms with Gasteiger partial charge in [-0.1, -0.05) is 143 Å². The average Bonchev–Trinajstić information content (AvgIpc) is 1.61. The van der Waals surface area contributed by atoms with Crippen molar-refractivity contribution >= 4 is 165 Å². The van der Waals surface area contributed by atoms with Gasteiger partial charge in [0, 0.05) is 155 Å². The third kappa shape index (κ3) is 20.3. The fourth-order valence-corrected chi connectivity index (χ4v) is 15.3. The van der Waals surface area contributed by atoms with Crippen LogP contribution in [0.4, 0.5) is 17.6 Å². The van der Waals surface area contributed by atoms with Crippen LogP contribution >= 0.6 is 90.6 Å². The maximum Gasteiger partial charge on any atom is 1.00 e. The van der Waals surface area contributed by atoms with Crippen LogP contribution in [0.15, 0.2) is 278 Å². The summed E-state index contributed by atoms with van der Waals surface area (Å²) in [7, 11) is 2.88. The van der Waals surface area contributed by atoms with Gasteiger partial charge >= 0.3 is 60.6 Å². The van der Waals surface area contributed by atoms with Crippen molar-refractivity contribution in [2.24, 2.45) is 0 Å². The molecular weight excluding hydrogens is 1800 g/mol. The van der Waals surface area contributed by atoms with Gasteiger partial charge in [-0.3, -0.25) is 0 Å². The van der Waals surface area contributed by atoms with Crippen molar-refractivity contribution in [3.8, 4) is 67.3 Å². The van der Waals surface area contributed by atoms with Crippen molar-refractivity contribution in [3.63, 3.8) is 0 Å². The molecule has 16 aromatic rings. The van der Waals surface area contributed by atoms with E-state index in [-0.39, 0.29) is 63.9 Å². The SMILES string of the molecule is BrBr.CB(O)O.COC(=O)c1ccc2c(-c3ccccc3Cl)c(Br)n(-c3ccc(F)cc3)c2c1.COC(=O)c1ccc2c(-c3ccccc3Cl)c(C)n(-c3ccc(F)cc3)c2c1.COC(=O)c1ccc2c(-c3ccccc3Cl)cn(-c3ccc(F)cc3)c2c1.Cc1c(-c2ccccc2Cl)c2ccc(C(=O)O)cc2n1-c1ccc(F)cc1.[Na+].[OH-]. The molecule has 0 unspecified atom stereocenters. The summed E-state index contributed by atoms with van der Waals surface area (Å²) in [5, 5.41) is 30.8. The number of fused-ring (bicyclic) bond motifs is 4. The van der Waals surface area contributed by atoms with Crippen LogP contribution in [-0.2, 0) is 14.2 Å². The van der Waals surface area contributed by atoms with E-state index in [0.29, 0.717) is 36.8 Å². The van der Waals surface area contributed by atoms with Gasteiger partial charge in [-0.15, -0.1) is 0 Å². The van der Waals surface area contributed by atoms with Crippen LogP contribution in [0.2, 0.25) is 26.9 Å². The molecule has 0 aliphatic heterocycles. The summed E-state index contributed by atoms with van der Waals surface area (Å²) < 4.78 is 76.8. The number of carboxylic acid groups (broad SMARTS) is 1. The summed E-state index contributed by atoms with van der Waals surface area (Å²) in [4.78, 5) is 47.6. The van der Waals surface area contributed by atoms with E-state index in [2.05, 4.69) is 44.2 Å². The molecule has 0 aliphatic carbocycles. The van der Waals surface area contributed by atoms with Gasteiger partial charge in [-0.05, 0) is 206 Å². The Morgan fingerprint density at radius 1 is 0.373 bits per heavy atom. The van der Waals surface area contributed by atoms with Crippen LogP contribution in [0.3, 0.4) is 0 Å². The fraction of sp³-hybridized carbons (Fsp3) is 0.0667. The van der Waals surface area contributed by atoms with Crippen molar-refractivity contribution in [2.45, 2.75) is 20.7 Å². The molecule has 0 bridgehead atoms. The second-order valence-electron chi connectivity index (χ2n) is 25.7. The van der Waals surface area contributed by atoms with Crippen LogP contribution in [-0.4, -0.2) is 91.2 Å². The predicted octanol–water partition coefficient (Wildman–Crippen LogP) is 22.4. The van der Waals surface area contributed by atoms with Crippen molar-refractivity contribution in [3.05, 3.63) is 355 Å². The zero-order chi connectivity index (χ0) is 83.3. The molecule has 12 aromatic carbocycles. The maximum absolute atomic E-state index is 13.5. The number of carbonyl (C=O) groups is 4. The van der Waals surface area contributed by atoms with Gasteiger partial charge in [0.2, 0.25) is 0 Å². The monoisotopic (exact) mass is 1870 g/mol. The second-order valence-corrected chi connectivity index (χ2v) is 28.1. The minimum atomic E-state index is -1.17. The first-order chi connectivity index (χ1) is 55.8. The van der Waals surface area contributed by atoms with Crippen LogP contribution in [0.1, 0.15) is 52.8 Å². The van der Waals surface area contributed by atoms with E-state index in [1.807, 2.05) is 154 Å². The van der Waals surface area contributed by atoms with Crippen LogP contribution in [0.25, 0.3) is 111 Å². The molecule has 0 fully saturated rings. The number of carboxylic acids is 1. The van der Waals surface area contributed by atoms with Gasteiger partial charge in [-0.2, -0.15) is 0 Å². The van der Waals surface area contributed by atoms with Gasteiger partial charge in [0.1, 0.15) is 23.3 Å². The topological polar surface area (TPSA) is 206 Å². The molecule has 0 saturated carbocycles. The van der Waals surface area contributed by atoms with Gasteiger partial charge in [-0.25, -0.2) is 36.7 Å². The van der Waals surface area contributed by atoms with E-state index in [9.17, 15) is 41.8 Å². The number of halogens is 11. The van der Waals surface area contributed by atoms with E-state index in [1.165, 1.54) is 76.7 Å². The summed E-state index contributed by atoms with van der Waals surface area (Å²) in [5.41, 5.74) is 16.8. The molecule has 0 saturated heterocycles. The third-order valence-electron chi connectivity index (χ3n) is 18.6. The van der Waals surface area contributed by atoms with Gasteiger partial charge < -0.3 is 53.1 Å². The third-order valence-corrected chi connectivity index (χ3v) is 20.7. The first-order valence-corrected chi connectivity index (χ1v) is 41.1. The number of aromatic nitrogens is 4. The van der Waals surface area contributed by atoms with Crippen LogP contribution < -0.4 is 29.6 Å². The number of ether oxygens (including phenoxy) is 3. The minimum Gasteiger partial charge on any atom is -0.870 e. The number of methoxy groups -OCH3 is 3. The largest absolute Gasteiger partial charge is 1.00 e. The molecule has 118 heavy (non-hydrogen) atoms. The number of hydrogen-bond acceptors (Lipinski definition) is 10. The summed E-state index contributed by atoms with van der Waals surface area (Å²) in [6, 6.07) is 76.1. The molecule has 0 radical (unpaired) electrons. The van der Waals surface area contributed by atoms with Gasteiger partial charge in [0.15, 0.2) is 0 Å². The summed E-state index contributed by atoms with van der Waals surface area (Å²) in [5.74, 6) is -3.52. The molecule has 0 atom stereocenters. The van der Waals surface area contributed by atoms with Gasteiger partial charge in [0.05, 0.1) is 70.3 Å². The molecule has 4 N–H and O–H groups in total. The number of esters is 3. The van der Waals surface area contributed by atoms with E-state index >= 15 is 0 Å². The number of benzene rings is 12. The van der Waals surface area contributed by atoms with E-state index < -0.39 is 31.0 Å². The molecule has 0 spiro atoms. The quantitative estimate of drug-likeness (QED) is 0.0454. The van der Waals surface area contributed by atoms with Crippen LogP contribution in [0.5, 0.6) is 0 Å². The number of carbonyl (C=O) groups excluding carboxylic acids is 3. The van der Waals surface area contributed by atoms with E-state index in [0.717, 1.165) is 127 Å². The smallest absolute Gasteiger partial charge is 0.870 e. The van der Waals surface area contributed by atoms with Crippen LogP contribution in [0, 0.1) is 37.1 Å². The summed E-state index contributed by atoms with van der Waals surface area (Å²) in [6.45, 7) is 5.21. The Hall–Kier alpha value is -10.1. The van der Waals surface area contributed by atoms with Crippen molar-refractivity contribution < 1.29 is 101 Å². The zero-order valence-electron chi connectivity index (χ0n) is 63.7. The number of nitrogens with zero attached hydrogens (tertiary/aromatic N) is 4. The molecule has 0 aliphatic rings. The van der Waals surface area contributed by atoms with Crippen molar-refractivity contribution in [1.82, 2.24) is 18.3 Å². The molecule has 594 valence electrons.